The van der Waals surface area contributed by atoms with Gasteiger partial charge >= 0.3 is 0 Å². The molecule has 0 aliphatic rings. The summed E-state index contributed by atoms with van der Waals surface area (Å²) in [5, 5.41) is 13.6. The van der Waals surface area contributed by atoms with Crippen molar-refractivity contribution in [2.24, 2.45) is 0 Å². The highest BCUT2D eigenvalue weighted by Gasteiger charge is 2.24. The average molecular weight is 396 g/mol. The summed E-state index contributed by atoms with van der Waals surface area (Å²) in [5.74, 6) is -0.722. The molecule has 2 N–H and O–H groups in total. The summed E-state index contributed by atoms with van der Waals surface area (Å²) in [6, 6.07) is 13.2. The maximum absolute atomic E-state index is 12.3. The van der Waals surface area contributed by atoms with Gasteiger partial charge in [-0.15, -0.1) is 0 Å². The largest absolute Gasteiger partial charge is 0.384 e. The van der Waals surface area contributed by atoms with E-state index in [0.717, 1.165) is 5.56 Å². The molecule has 0 aromatic heterocycles. The highest BCUT2D eigenvalue weighted by atomic mass is 35.5. The smallest absolute Gasteiger partial charge is 0.221 e. The molecule has 0 bridgehead atoms. The van der Waals surface area contributed by atoms with E-state index in [2.05, 4.69) is 5.32 Å². The van der Waals surface area contributed by atoms with E-state index in [1.54, 1.807) is 43.3 Å². The van der Waals surface area contributed by atoms with Crippen LogP contribution >= 0.6 is 11.6 Å². The normalized spacial score (nSPS) is 13.8. The van der Waals surface area contributed by atoms with Crippen molar-refractivity contribution >= 4 is 27.3 Å². The molecule has 0 fully saturated rings. The maximum Gasteiger partial charge on any atom is 0.221 e. The fourth-order valence-electron chi connectivity index (χ4n) is 2.36. The Morgan fingerprint density at radius 3 is 2.27 bits per heavy atom. The number of hydrogen-bond donors (Lipinski definition) is 2. The summed E-state index contributed by atoms with van der Waals surface area (Å²) in [6.07, 6.45) is -0.174. The van der Waals surface area contributed by atoms with Gasteiger partial charge in [0.05, 0.1) is 17.2 Å². The molecule has 1 amide bonds. The number of amides is 1. The van der Waals surface area contributed by atoms with Crippen LogP contribution in [-0.2, 0) is 20.2 Å². The lowest BCUT2D eigenvalue weighted by Gasteiger charge is -2.24. The van der Waals surface area contributed by atoms with Crippen LogP contribution in [0, 0.1) is 6.92 Å². The van der Waals surface area contributed by atoms with Gasteiger partial charge < -0.3 is 10.4 Å². The van der Waals surface area contributed by atoms with Gasteiger partial charge in [0.15, 0.2) is 9.84 Å². The Morgan fingerprint density at radius 1 is 1.12 bits per heavy atom. The highest BCUT2D eigenvalue weighted by Crippen LogP contribution is 2.21. The van der Waals surface area contributed by atoms with Crippen molar-refractivity contribution in [1.82, 2.24) is 5.32 Å². The first-order chi connectivity index (χ1) is 12.1. The zero-order valence-electron chi connectivity index (χ0n) is 14.7. The number of carbonyl (C=O) groups is 1. The molecule has 7 heteroatoms. The number of nitrogens with one attached hydrogen (secondary N) is 1. The Morgan fingerprint density at radius 2 is 1.69 bits per heavy atom. The molecule has 0 aliphatic carbocycles. The van der Waals surface area contributed by atoms with Gasteiger partial charge in [0.1, 0.15) is 5.60 Å². The summed E-state index contributed by atoms with van der Waals surface area (Å²) in [5.41, 5.74) is 0.288. The molecule has 0 radical (unpaired) electrons. The number of hydrogen-bond acceptors (Lipinski definition) is 4. The van der Waals surface area contributed by atoms with E-state index in [9.17, 15) is 18.3 Å². The molecule has 0 aliphatic heterocycles. The van der Waals surface area contributed by atoms with Gasteiger partial charge in [-0.3, -0.25) is 4.79 Å². The lowest BCUT2D eigenvalue weighted by atomic mass is 9.96. The molecule has 1 unspecified atom stereocenters. The Balaban J connectivity index is 1.90. The van der Waals surface area contributed by atoms with Crippen molar-refractivity contribution in [2.45, 2.75) is 30.8 Å². The van der Waals surface area contributed by atoms with Gasteiger partial charge in [-0.1, -0.05) is 41.4 Å². The molecule has 5 nitrogen and oxygen atoms in total. The molecule has 2 rings (SSSR count). The zero-order valence-corrected chi connectivity index (χ0v) is 16.3. The molecular formula is C19H22ClNO4S. The van der Waals surface area contributed by atoms with Gasteiger partial charge in [-0.25, -0.2) is 8.42 Å². The molecule has 2 aromatic carbocycles. The molecule has 140 valence electrons. The third-order valence-electron chi connectivity index (χ3n) is 4.07. The number of aryl methyl sites for hydroxylation is 1. The number of aliphatic hydroxyl groups is 1. The predicted octanol–water partition coefficient (Wildman–Crippen LogP) is 2.84. The molecule has 26 heavy (non-hydrogen) atoms. The lowest BCUT2D eigenvalue weighted by Crippen LogP contribution is -2.39. The van der Waals surface area contributed by atoms with E-state index < -0.39 is 21.3 Å². The van der Waals surface area contributed by atoms with E-state index >= 15 is 0 Å². The molecule has 0 spiro atoms. The van der Waals surface area contributed by atoms with Crippen LogP contribution in [0.2, 0.25) is 5.02 Å². The second-order valence-electron chi connectivity index (χ2n) is 6.44. The Labute approximate surface area is 158 Å². The Hall–Kier alpha value is -1.89. The number of halogens is 1. The summed E-state index contributed by atoms with van der Waals surface area (Å²) in [7, 11) is -3.52. The van der Waals surface area contributed by atoms with Crippen LogP contribution in [0.3, 0.4) is 0 Å². The minimum absolute atomic E-state index is 0.0297. The Bertz CT molecular complexity index is 859. The van der Waals surface area contributed by atoms with Crippen molar-refractivity contribution in [3.8, 4) is 0 Å². The van der Waals surface area contributed by atoms with Gasteiger partial charge in [0, 0.05) is 11.4 Å². The molecule has 0 heterocycles. The first kappa shape index (κ1) is 20.4. The lowest BCUT2D eigenvalue weighted by molar-refractivity contribution is -0.121. The monoisotopic (exact) mass is 395 g/mol. The third kappa shape index (κ3) is 5.56. The van der Waals surface area contributed by atoms with Crippen LogP contribution in [0.25, 0.3) is 0 Å². The van der Waals surface area contributed by atoms with Crippen LogP contribution in [0.15, 0.2) is 53.4 Å². The van der Waals surface area contributed by atoms with Gasteiger partial charge in [0.25, 0.3) is 0 Å². The maximum atomic E-state index is 12.3. The predicted molar refractivity (Wildman–Crippen MR) is 102 cm³/mol. The molecule has 2 aromatic rings. The second kappa shape index (κ2) is 8.20. The van der Waals surface area contributed by atoms with Gasteiger partial charge in [0.2, 0.25) is 5.91 Å². The topological polar surface area (TPSA) is 83.5 Å². The van der Waals surface area contributed by atoms with Gasteiger partial charge in [-0.2, -0.15) is 0 Å². The minimum atomic E-state index is -3.52. The van der Waals surface area contributed by atoms with Crippen LogP contribution in [-0.4, -0.2) is 31.7 Å². The van der Waals surface area contributed by atoms with Crippen molar-refractivity contribution in [3.05, 3.63) is 64.7 Å². The van der Waals surface area contributed by atoms with Crippen LogP contribution in [0.4, 0.5) is 0 Å². The van der Waals surface area contributed by atoms with Crippen LogP contribution in [0.5, 0.6) is 0 Å². The average Bonchev–Trinajstić information content (AvgIpc) is 2.59. The standard InChI is InChI=1S/C19H22ClNO4S/c1-14-3-9-17(10-4-14)26(24,25)12-11-18(22)21-13-19(2,23)15-5-7-16(20)8-6-15/h3-10,23H,11-13H2,1-2H3,(H,21,22). The van der Waals surface area contributed by atoms with E-state index in [1.165, 1.54) is 12.1 Å². The van der Waals surface area contributed by atoms with E-state index in [1.807, 2.05) is 6.92 Å². The number of sulfone groups is 1. The van der Waals surface area contributed by atoms with Crippen molar-refractivity contribution < 1.29 is 18.3 Å². The SMILES string of the molecule is Cc1ccc(S(=O)(=O)CCC(=O)NCC(C)(O)c2ccc(Cl)cc2)cc1. The molecular weight excluding hydrogens is 374 g/mol. The van der Waals surface area contributed by atoms with Crippen molar-refractivity contribution in [3.63, 3.8) is 0 Å². The number of benzene rings is 2. The summed E-state index contributed by atoms with van der Waals surface area (Å²) >= 11 is 5.82. The Kier molecular flexibility index (Phi) is 6.44. The number of rotatable bonds is 7. The summed E-state index contributed by atoms with van der Waals surface area (Å²) in [6.45, 7) is 3.41. The zero-order chi connectivity index (χ0) is 19.4. The summed E-state index contributed by atoms with van der Waals surface area (Å²) < 4.78 is 24.5. The summed E-state index contributed by atoms with van der Waals surface area (Å²) in [4.78, 5) is 12.2. The molecule has 0 saturated heterocycles. The van der Waals surface area contributed by atoms with Crippen molar-refractivity contribution in [1.29, 1.82) is 0 Å². The fourth-order valence-corrected chi connectivity index (χ4v) is 3.73. The quantitative estimate of drug-likeness (QED) is 0.755. The van der Waals surface area contributed by atoms with Crippen LogP contribution < -0.4 is 5.32 Å². The van der Waals surface area contributed by atoms with Crippen molar-refractivity contribution in [2.75, 3.05) is 12.3 Å². The minimum Gasteiger partial charge on any atom is -0.384 e. The first-order valence-electron chi connectivity index (χ1n) is 8.15. The van der Waals surface area contributed by atoms with E-state index in [-0.39, 0.29) is 23.6 Å². The number of carbonyl (C=O) groups excluding carboxylic acids is 1. The van der Waals surface area contributed by atoms with Crippen LogP contribution in [0.1, 0.15) is 24.5 Å². The fraction of sp³-hybridized carbons (Fsp3) is 0.316. The first-order valence-corrected chi connectivity index (χ1v) is 10.2. The molecule has 1 atom stereocenters. The second-order valence-corrected chi connectivity index (χ2v) is 8.98. The molecule has 0 saturated carbocycles. The van der Waals surface area contributed by atoms with E-state index in [4.69, 9.17) is 11.6 Å². The highest BCUT2D eigenvalue weighted by molar-refractivity contribution is 7.91. The van der Waals surface area contributed by atoms with E-state index in [0.29, 0.717) is 10.6 Å². The van der Waals surface area contributed by atoms with Gasteiger partial charge in [-0.05, 0) is 43.7 Å². The third-order valence-corrected chi connectivity index (χ3v) is 6.06.